The van der Waals surface area contributed by atoms with Crippen LogP contribution in [-0.4, -0.2) is 35.6 Å². The predicted octanol–water partition coefficient (Wildman–Crippen LogP) is 6.62. The molecule has 0 spiro atoms. The van der Waals surface area contributed by atoms with Crippen molar-refractivity contribution in [3.63, 3.8) is 0 Å². The highest BCUT2D eigenvalue weighted by Crippen LogP contribution is 2.28. The summed E-state index contributed by atoms with van der Waals surface area (Å²) in [7, 11) is 1.80. The number of nitrogens with zero attached hydrogens (tertiary/aromatic N) is 2. The van der Waals surface area contributed by atoms with Crippen molar-refractivity contribution in [2.45, 2.75) is 50.7 Å². The van der Waals surface area contributed by atoms with E-state index in [9.17, 15) is 14.9 Å². The van der Waals surface area contributed by atoms with E-state index in [2.05, 4.69) is 5.32 Å². The van der Waals surface area contributed by atoms with Crippen LogP contribution in [0.5, 0.6) is 11.5 Å². The average molecular weight is 504 g/mol. The van der Waals surface area contributed by atoms with Crippen molar-refractivity contribution in [2.75, 3.05) is 13.7 Å². The van der Waals surface area contributed by atoms with Gasteiger partial charge in [-0.25, -0.2) is 4.79 Å². The minimum atomic E-state index is -0.403. The van der Waals surface area contributed by atoms with Crippen molar-refractivity contribution >= 4 is 11.8 Å². The maximum atomic E-state index is 12.8. The van der Waals surface area contributed by atoms with E-state index in [0.29, 0.717) is 17.1 Å². The molecule has 0 saturated heterocycles. The zero-order valence-corrected chi connectivity index (χ0v) is 21.0. The van der Waals surface area contributed by atoms with E-state index in [-0.39, 0.29) is 37.0 Å². The summed E-state index contributed by atoms with van der Waals surface area (Å²) >= 11 is 0. The fourth-order valence-electron chi connectivity index (χ4n) is 4.64. The van der Waals surface area contributed by atoms with Crippen LogP contribution in [0.3, 0.4) is 0 Å². The largest absolute Gasteiger partial charge is 0.457 e. The quantitative estimate of drug-likeness (QED) is 0.247. The van der Waals surface area contributed by atoms with Gasteiger partial charge in [-0.3, -0.25) is 10.1 Å². The van der Waals surface area contributed by atoms with Crippen LogP contribution in [0.2, 0.25) is 0 Å². The first kappa shape index (κ1) is 26.2. The number of nitrogens with one attached hydrogen (secondary N) is 1. The molecule has 1 fully saturated rings. The van der Waals surface area contributed by atoms with E-state index in [1.54, 1.807) is 24.1 Å². The second kappa shape index (κ2) is 12.9. The number of ether oxygens (including phenoxy) is 2. The summed E-state index contributed by atoms with van der Waals surface area (Å²) in [5, 5.41) is 15.1. The standard InChI is InChI=1S/C29H33N3O5/c1-31(24-13-7-3-8-14-24)29(33)36-21-27(22-11-5-2-6-12-22)30-20-23-19-26(17-18-28(23)32(34)35)37-25-15-9-4-10-16-25/h2,4-6,9-12,15-19,24,27,30H,3,7-8,13-14,20-21H2,1H3/t27-/m0/s1. The Labute approximate surface area is 217 Å². The van der Waals surface area contributed by atoms with Gasteiger partial charge in [0.15, 0.2) is 0 Å². The molecule has 1 N–H and O–H groups in total. The maximum Gasteiger partial charge on any atom is 0.409 e. The lowest BCUT2D eigenvalue weighted by molar-refractivity contribution is -0.385. The first-order valence-corrected chi connectivity index (χ1v) is 12.7. The molecule has 194 valence electrons. The number of rotatable bonds is 10. The summed E-state index contributed by atoms with van der Waals surface area (Å²) in [6, 6.07) is 23.5. The van der Waals surface area contributed by atoms with Gasteiger partial charge in [-0.2, -0.15) is 0 Å². The van der Waals surface area contributed by atoms with Crippen molar-refractivity contribution in [1.82, 2.24) is 10.2 Å². The highest BCUT2D eigenvalue weighted by Gasteiger charge is 2.24. The second-order valence-electron chi connectivity index (χ2n) is 9.29. The molecular formula is C29H33N3O5. The van der Waals surface area contributed by atoms with Crippen molar-refractivity contribution in [1.29, 1.82) is 0 Å². The normalized spacial score (nSPS) is 14.5. The third-order valence-electron chi connectivity index (χ3n) is 6.75. The van der Waals surface area contributed by atoms with Crippen LogP contribution in [0.15, 0.2) is 78.9 Å². The molecule has 0 unspecified atom stereocenters. The monoisotopic (exact) mass is 503 g/mol. The molecule has 0 aromatic heterocycles. The minimum Gasteiger partial charge on any atom is -0.457 e. The molecule has 1 saturated carbocycles. The molecule has 1 atom stereocenters. The number of amides is 1. The smallest absolute Gasteiger partial charge is 0.409 e. The fraction of sp³-hybridized carbons (Fsp3) is 0.345. The summed E-state index contributed by atoms with van der Waals surface area (Å²) in [4.78, 5) is 25.8. The van der Waals surface area contributed by atoms with E-state index in [0.717, 1.165) is 31.2 Å². The second-order valence-corrected chi connectivity index (χ2v) is 9.29. The van der Waals surface area contributed by atoms with Crippen molar-refractivity contribution in [2.24, 2.45) is 0 Å². The third kappa shape index (κ3) is 7.30. The Morgan fingerprint density at radius 2 is 1.68 bits per heavy atom. The summed E-state index contributed by atoms with van der Waals surface area (Å²) in [5.41, 5.74) is 1.40. The molecule has 0 aliphatic heterocycles. The van der Waals surface area contributed by atoms with E-state index in [4.69, 9.17) is 9.47 Å². The Bertz CT molecular complexity index is 1170. The van der Waals surface area contributed by atoms with Gasteiger partial charge in [-0.05, 0) is 42.7 Å². The number of hydrogen-bond donors (Lipinski definition) is 1. The van der Waals surface area contributed by atoms with Crippen LogP contribution < -0.4 is 10.1 Å². The molecule has 37 heavy (non-hydrogen) atoms. The Kier molecular flexibility index (Phi) is 9.10. The van der Waals surface area contributed by atoms with E-state index < -0.39 is 4.92 Å². The van der Waals surface area contributed by atoms with Crippen LogP contribution in [0.4, 0.5) is 10.5 Å². The Balaban J connectivity index is 1.46. The summed E-state index contributed by atoms with van der Waals surface area (Å²) in [6.45, 7) is 0.297. The van der Waals surface area contributed by atoms with Crippen LogP contribution in [0, 0.1) is 10.1 Å². The average Bonchev–Trinajstić information content (AvgIpc) is 2.94. The zero-order chi connectivity index (χ0) is 26.0. The number of hydrogen-bond acceptors (Lipinski definition) is 6. The molecule has 8 heteroatoms. The topological polar surface area (TPSA) is 93.9 Å². The van der Waals surface area contributed by atoms with Crippen molar-refractivity contribution in [3.8, 4) is 11.5 Å². The highest BCUT2D eigenvalue weighted by atomic mass is 16.6. The lowest BCUT2D eigenvalue weighted by Gasteiger charge is -2.31. The number of carbonyl (C=O) groups is 1. The van der Waals surface area contributed by atoms with Gasteiger partial charge in [0.1, 0.15) is 18.1 Å². The van der Waals surface area contributed by atoms with Crippen LogP contribution in [0.25, 0.3) is 0 Å². The third-order valence-corrected chi connectivity index (χ3v) is 6.75. The molecule has 0 radical (unpaired) electrons. The minimum absolute atomic E-state index is 0.00579. The highest BCUT2D eigenvalue weighted by molar-refractivity contribution is 5.67. The van der Waals surface area contributed by atoms with Gasteiger partial charge in [0.05, 0.1) is 11.0 Å². The summed E-state index contributed by atoms with van der Waals surface area (Å²) in [6.07, 6.45) is 5.11. The van der Waals surface area contributed by atoms with Gasteiger partial charge in [-0.15, -0.1) is 0 Å². The molecule has 0 bridgehead atoms. The Morgan fingerprint density at radius 1 is 1.00 bits per heavy atom. The zero-order valence-electron chi connectivity index (χ0n) is 21.0. The van der Waals surface area contributed by atoms with Gasteiger partial charge < -0.3 is 19.7 Å². The number of nitro groups is 1. The maximum absolute atomic E-state index is 12.8. The SMILES string of the molecule is CN(C(=O)OC[C@H](NCc1cc(Oc2ccccc2)ccc1[N+](=O)[O-])c1ccccc1)C1CCCCC1. The van der Waals surface area contributed by atoms with Crippen LogP contribution >= 0.6 is 0 Å². The van der Waals surface area contributed by atoms with Crippen LogP contribution in [0.1, 0.15) is 49.3 Å². The Hall–Kier alpha value is -3.91. The number of nitro benzene ring substituents is 1. The van der Waals surface area contributed by atoms with Crippen LogP contribution in [-0.2, 0) is 11.3 Å². The van der Waals surface area contributed by atoms with E-state index in [1.807, 2.05) is 60.7 Å². The molecular weight excluding hydrogens is 470 g/mol. The molecule has 3 aromatic rings. The molecule has 3 aromatic carbocycles. The van der Waals surface area contributed by atoms with Crippen molar-refractivity contribution < 1.29 is 19.2 Å². The van der Waals surface area contributed by atoms with E-state index >= 15 is 0 Å². The lowest BCUT2D eigenvalue weighted by Crippen LogP contribution is -2.39. The molecule has 1 aliphatic carbocycles. The fourth-order valence-corrected chi connectivity index (χ4v) is 4.64. The molecule has 8 nitrogen and oxygen atoms in total. The number of para-hydroxylation sites is 1. The first-order chi connectivity index (χ1) is 18.0. The van der Waals surface area contributed by atoms with Gasteiger partial charge in [-0.1, -0.05) is 67.8 Å². The molecule has 4 rings (SSSR count). The van der Waals surface area contributed by atoms with Gasteiger partial charge in [0.25, 0.3) is 5.69 Å². The summed E-state index contributed by atoms with van der Waals surface area (Å²) < 4.78 is 11.6. The number of carbonyl (C=O) groups excluding carboxylic acids is 1. The van der Waals surface area contributed by atoms with Gasteiger partial charge in [0, 0.05) is 31.3 Å². The predicted molar refractivity (Wildman–Crippen MR) is 142 cm³/mol. The number of benzene rings is 3. The molecule has 0 heterocycles. The van der Waals surface area contributed by atoms with Crippen molar-refractivity contribution in [3.05, 3.63) is 100 Å². The lowest BCUT2D eigenvalue weighted by atomic mass is 9.95. The first-order valence-electron chi connectivity index (χ1n) is 12.7. The summed E-state index contributed by atoms with van der Waals surface area (Å²) in [5.74, 6) is 1.15. The molecule has 1 amide bonds. The Morgan fingerprint density at radius 3 is 2.35 bits per heavy atom. The molecule has 1 aliphatic rings. The van der Waals surface area contributed by atoms with E-state index in [1.165, 1.54) is 12.5 Å². The van der Waals surface area contributed by atoms with Gasteiger partial charge in [0.2, 0.25) is 0 Å². The van der Waals surface area contributed by atoms with Gasteiger partial charge >= 0.3 is 6.09 Å².